The molecule has 0 saturated carbocycles. The molecule has 3 nitrogen and oxygen atoms in total. The van der Waals surface area contributed by atoms with Crippen LogP contribution in [-0.4, -0.2) is 14.5 Å². The van der Waals surface area contributed by atoms with Crippen LogP contribution in [0.3, 0.4) is 0 Å². The van der Waals surface area contributed by atoms with Crippen LogP contribution in [0.4, 0.5) is 0 Å². The first kappa shape index (κ1) is 13.5. The summed E-state index contributed by atoms with van der Waals surface area (Å²) in [5.41, 5.74) is 3.21. The molecule has 0 spiro atoms. The molecule has 0 atom stereocenters. The molecule has 3 aromatic rings. The molecular formula is C16H21N3. The minimum absolute atomic E-state index is 0.610. The lowest BCUT2D eigenvalue weighted by atomic mass is 10.2. The van der Waals surface area contributed by atoms with Crippen LogP contribution in [0, 0.1) is 5.92 Å². The number of aromatic nitrogens is 3. The molecule has 0 unspecified atom stereocenters. The second-order valence-electron chi connectivity index (χ2n) is 4.80. The molecule has 0 N–H and O–H groups in total. The summed E-state index contributed by atoms with van der Waals surface area (Å²) in [4.78, 5) is 8.85. The Hall–Kier alpha value is -1.90. The minimum atomic E-state index is 0.610. The summed E-state index contributed by atoms with van der Waals surface area (Å²) in [6.07, 6.45) is 3.77. The largest absolute Gasteiger partial charge is 0.330 e. The first-order valence-corrected chi connectivity index (χ1v) is 6.94. The average molecular weight is 255 g/mol. The van der Waals surface area contributed by atoms with Crippen LogP contribution in [0.2, 0.25) is 0 Å². The standard InChI is InChI=1S/C14H15N3.C2H6/c1-10(2)8-17-9-16-13-7-15-12-6-4-3-5-11(12)14(13)17;1-2/h3-7,9-10H,8H2,1-2H3;1-2H3. The van der Waals surface area contributed by atoms with Gasteiger partial charge in [-0.15, -0.1) is 0 Å². The summed E-state index contributed by atoms with van der Waals surface area (Å²) in [5.74, 6) is 0.610. The number of hydrogen-bond acceptors (Lipinski definition) is 2. The van der Waals surface area contributed by atoms with Gasteiger partial charge in [-0.3, -0.25) is 4.98 Å². The molecule has 100 valence electrons. The zero-order chi connectivity index (χ0) is 13.8. The Morgan fingerprint density at radius 3 is 2.53 bits per heavy atom. The van der Waals surface area contributed by atoms with Gasteiger partial charge in [0.05, 0.1) is 23.6 Å². The maximum atomic E-state index is 4.43. The molecule has 0 fully saturated rings. The molecule has 1 aromatic carbocycles. The number of benzene rings is 1. The lowest BCUT2D eigenvalue weighted by molar-refractivity contribution is 0.533. The third kappa shape index (κ3) is 2.60. The van der Waals surface area contributed by atoms with Crippen molar-refractivity contribution in [2.24, 2.45) is 5.92 Å². The molecule has 0 bridgehead atoms. The van der Waals surface area contributed by atoms with E-state index in [9.17, 15) is 0 Å². The van der Waals surface area contributed by atoms with E-state index in [0.29, 0.717) is 5.92 Å². The average Bonchev–Trinajstić information content (AvgIpc) is 2.84. The van der Waals surface area contributed by atoms with E-state index in [4.69, 9.17) is 0 Å². The van der Waals surface area contributed by atoms with E-state index in [1.165, 1.54) is 10.9 Å². The van der Waals surface area contributed by atoms with Crippen LogP contribution in [0.5, 0.6) is 0 Å². The third-order valence-corrected chi connectivity index (χ3v) is 2.91. The zero-order valence-corrected chi connectivity index (χ0v) is 12.1. The van der Waals surface area contributed by atoms with Gasteiger partial charge in [0.1, 0.15) is 5.52 Å². The summed E-state index contributed by atoms with van der Waals surface area (Å²) in [6.45, 7) is 9.43. The molecule has 2 aromatic heterocycles. The second-order valence-corrected chi connectivity index (χ2v) is 4.80. The van der Waals surface area contributed by atoms with Crippen molar-refractivity contribution in [1.82, 2.24) is 14.5 Å². The second kappa shape index (κ2) is 5.83. The Kier molecular flexibility index (Phi) is 4.15. The Labute approximate surface area is 114 Å². The molecule has 0 aliphatic heterocycles. The van der Waals surface area contributed by atoms with Gasteiger partial charge in [-0.2, -0.15) is 0 Å². The number of rotatable bonds is 2. The highest BCUT2D eigenvalue weighted by Gasteiger charge is 2.08. The predicted molar refractivity (Wildman–Crippen MR) is 81.2 cm³/mol. The molecule has 19 heavy (non-hydrogen) atoms. The predicted octanol–water partition coefficient (Wildman–Crippen LogP) is 4.27. The lowest BCUT2D eigenvalue weighted by Gasteiger charge is -2.08. The van der Waals surface area contributed by atoms with Gasteiger partial charge in [-0.25, -0.2) is 4.98 Å². The van der Waals surface area contributed by atoms with Gasteiger partial charge in [-0.05, 0) is 12.0 Å². The van der Waals surface area contributed by atoms with Crippen molar-refractivity contribution in [3.8, 4) is 0 Å². The van der Waals surface area contributed by atoms with Gasteiger partial charge in [0.25, 0.3) is 0 Å². The summed E-state index contributed by atoms with van der Waals surface area (Å²) in [5, 5.41) is 1.18. The number of nitrogens with zero attached hydrogens (tertiary/aromatic N) is 3. The first-order valence-electron chi connectivity index (χ1n) is 6.94. The maximum absolute atomic E-state index is 4.43. The van der Waals surface area contributed by atoms with Gasteiger partial charge >= 0.3 is 0 Å². The van der Waals surface area contributed by atoms with Gasteiger partial charge in [0.15, 0.2) is 0 Å². The van der Waals surface area contributed by atoms with Gasteiger partial charge < -0.3 is 4.57 Å². The van der Waals surface area contributed by atoms with Crippen LogP contribution >= 0.6 is 0 Å². The first-order chi connectivity index (χ1) is 9.25. The Bertz CT molecular complexity index is 668. The van der Waals surface area contributed by atoms with Crippen LogP contribution in [0.25, 0.3) is 21.9 Å². The van der Waals surface area contributed by atoms with Crippen molar-refractivity contribution in [1.29, 1.82) is 0 Å². The monoisotopic (exact) mass is 255 g/mol. The molecule has 0 aliphatic rings. The summed E-state index contributed by atoms with van der Waals surface area (Å²) < 4.78 is 2.23. The van der Waals surface area contributed by atoms with Gasteiger partial charge in [0, 0.05) is 11.9 Å². The van der Waals surface area contributed by atoms with Crippen molar-refractivity contribution >= 4 is 21.9 Å². The Morgan fingerprint density at radius 1 is 1.05 bits per heavy atom. The number of hydrogen-bond donors (Lipinski definition) is 0. The fourth-order valence-corrected chi connectivity index (χ4v) is 2.23. The van der Waals surface area contributed by atoms with E-state index >= 15 is 0 Å². The van der Waals surface area contributed by atoms with Gasteiger partial charge in [0.2, 0.25) is 0 Å². The molecule has 0 aliphatic carbocycles. The van der Waals surface area contributed by atoms with E-state index in [1.807, 2.05) is 38.5 Å². The van der Waals surface area contributed by atoms with Crippen molar-refractivity contribution in [2.45, 2.75) is 34.2 Å². The number of para-hydroxylation sites is 1. The normalized spacial score (nSPS) is 10.8. The number of fused-ring (bicyclic) bond motifs is 3. The van der Waals surface area contributed by atoms with Crippen molar-refractivity contribution < 1.29 is 0 Å². The van der Waals surface area contributed by atoms with Crippen molar-refractivity contribution in [3.05, 3.63) is 36.8 Å². The Morgan fingerprint density at radius 2 is 1.79 bits per heavy atom. The van der Waals surface area contributed by atoms with Crippen molar-refractivity contribution in [3.63, 3.8) is 0 Å². The molecule has 0 amide bonds. The highest BCUT2D eigenvalue weighted by Crippen LogP contribution is 2.23. The SMILES string of the molecule is CC.CC(C)Cn1cnc2cnc3ccccc3c21. The lowest BCUT2D eigenvalue weighted by Crippen LogP contribution is -2.03. The molecule has 3 rings (SSSR count). The topological polar surface area (TPSA) is 30.7 Å². The van der Waals surface area contributed by atoms with E-state index in [0.717, 1.165) is 17.6 Å². The maximum Gasteiger partial charge on any atom is 0.107 e. The van der Waals surface area contributed by atoms with E-state index in [-0.39, 0.29) is 0 Å². The third-order valence-electron chi connectivity index (χ3n) is 2.91. The van der Waals surface area contributed by atoms with E-state index in [1.54, 1.807) is 0 Å². The van der Waals surface area contributed by atoms with Crippen LogP contribution in [-0.2, 0) is 6.54 Å². The van der Waals surface area contributed by atoms with Crippen molar-refractivity contribution in [2.75, 3.05) is 0 Å². The fourth-order valence-electron chi connectivity index (χ4n) is 2.23. The summed E-state index contributed by atoms with van der Waals surface area (Å²) in [6, 6.07) is 8.23. The van der Waals surface area contributed by atoms with Crippen LogP contribution in [0.15, 0.2) is 36.8 Å². The van der Waals surface area contributed by atoms with Crippen LogP contribution < -0.4 is 0 Å². The Balaban J connectivity index is 0.000000637. The number of pyridine rings is 1. The molecule has 0 saturated heterocycles. The zero-order valence-electron chi connectivity index (χ0n) is 12.1. The smallest absolute Gasteiger partial charge is 0.107 e. The minimum Gasteiger partial charge on any atom is -0.330 e. The summed E-state index contributed by atoms with van der Waals surface area (Å²) in [7, 11) is 0. The molecular weight excluding hydrogens is 234 g/mol. The fraction of sp³-hybridized carbons (Fsp3) is 0.375. The highest BCUT2D eigenvalue weighted by atomic mass is 15.0. The summed E-state index contributed by atoms with van der Waals surface area (Å²) >= 11 is 0. The van der Waals surface area contributed by atoms with Gasteiger partial charge in [-0.1, -0.05) is 45.9 Å². The quantitative estimate of drug-likeness (QED) is 0.684. The van der Waals surface area contributed by atoms with E-state index in [2.05, 4.69) is 40.5 Å². The molecule has 0 radical (unpaired) electrons. The van der Waals surface area contributed by atoms with E-state index < -0.39 is 0 Å². The molecule has 3 heteroatoms. The highest BCUT2D eigenvalue weighted by molar-refractivity contribution is 6.01. The molecule has 2 heterocycles. The number of imidazole rings is 1. The van der Waals surface area contributed by atoms with Crippen LogP contribution in [0.1, 0.15) is 27.7 Å².